The zero-order chi connectivity index (χ0) is 13.4. The molecule has 3 nitrogen and oxygen atoms in total. The Bertz CT molecular complexity index is 444. The summed E-state index contributed by atoms with van der Waals surface area (Å²) in [7, 11) is 0. The molecular weight excluding hydrogens is 231 g/mol. The maximum atomic E-state index is 12.9. The lowest BCUT2D eigenvalue weighted by atomic mass is 9.71. The lowest BCUT2D eigenvalue weighted by Crippen LogP contribution is -2.58. The second-order valence-corrected chi connectivity index (χ2v) is 5.62. The van der Waals surface area contributed by atoms with Crippen molar-refractivity contribution in [3.8, 4) is 0 Å². The van der Waals surface area contributed by atoms with E-state index in [9.17, 15) is 9.18 Å². The van der Waals surface area contributed by atoms with Gasteiger partial charge in [0.05, 0.1) is 11.1 Å². The Kier molecular flexibility index (Phi) is 3.15. The predicted octanol–water partition coefficient (Wildman–Crippen LogP) is 2.06. The van der Waals surface area contributed by atoms with Crippen molar-refractivity contribution in [2.75, 3.05) is 0 Å². The summed E-state index contributed by atoms with van der Waals surface area (Å²) in [5.74, 6) is -0.440. The summed E-state index contributed by atoms with van der Waals surface area (Å²) in [6, 6.07) is 6.32. The van der Waals surface area contributed by atoms with Crippen LogP contribution in [0.1, 0.15) is 38.7 Å². The molecule has 0 aromatic heterocycles. The van der Waals surface area contributed by atoms with Crippen LogP contribution < -0.4 is 11.1 Å². The molecule has 0 radical (unpaired) electrons. The van der Waals surface area contributed by atoms with Crippen molar-refractivity contribution in [1.82, 2.24) is 5.32 Å². The number of nitrogens with one attached hydrogen (secondary N) is 1. The van der Waals surface area contributed by atoms with Crippen LogP contribution in [0.3, 0.4) is 0 Å². The molecule has 0 unspecified atom stereocenters. The number of hydrogen-bond donors (Lipinski definition) is 2. The number of carbonyl (C=O) groups is 1. The summed E-state index contributed by atoms with van der Waals surface area (Å²) < 4.78 is 12.9. The SMILES string of the molecule is CC(C)(N)C(=O)NC1(c2ccc(F)cc2)CCC1. The van der Waals surface area contributed by atoms with Gasteiger partial charge in [-0.05, 0) is 50.8 Å². The summed E-state index contributed by atoms with van der Waals surface area (Å²) in [6.07, 6.45) is 2.81. The van der Waals surface area contributed by atoms with Crippen molar-refractivity contribution in [3.63, 3.8) is 0 Å². The highest BCUT2D eigenvalue weighted by atomic mass is 19.1. The first-order valence-corrected chi connectivity index (χ1v) is 6.21. The van der Waals surface area contributed by atoms with E-state index in [1.54, 1.807) is 26.0 Å². The van der Waals surface area contributed by atoms with Gasteiger partial charge in [0.1, 0.15) is 5.82 Å². The quantitative estimate of drug-likeness (QED) is 0.862. The molecule has 0 atom stereocenters. The summed E-state index contributed by atoms with van der Waals surface area (Å²) in [5, 5.41) is 3.02. The van der Waals surface area contributed by atoms with Gasteiger partial charge in [0.2, 0.25) is 5.91 Å². The molecule has 1 amide bonds. The molecule has 1 fully saturated rings. The Labute approximate surface area is 107 Å². The number of nitrogens with two attached hydrogens (primary N) is 1. The van der Waals surface area contributed by atoms with Crippen molar-refractivity contribution < 1.29 is 9.18 Å². The van der Waals surface area contributed by atoms with E-state index in [1.807, 2.05) is 0 Å². The number of rotatable bonds is 3. The Balaban J connectivity index is 2.21. The van der Waals surface area contributed by atoms with Crippen LogP contribution >= 0.6 is 0 Å². The first-order valence-electron chi connectivity index (χ1n) is 6.21. The van der Waals surface area contributed by atoms with Gasteiger partial charge in [0.25, 0.3) is 0 Å². The van der Waals surface area contributed by atoms with Gasteiger partial charge in [-0.1, -0.05) is 12.1 Å². The number of halogens is 1. The largest absolute Gasteiger partial charge is 0.345 e. The van der Waals surface area contributed by atoms with Crippen LogP contribution in [-0.4, -0.2) is 11.4 Å². The van der Waals surface area contributed by atoms with E-state index >= 15 is 0 Å². The normalized spacial score (nSPS) is 18.0. The second kappa shape index (κ2) is 4.35. The molecule has 1 saturated carbocycles. The maximum Gasteiger partial charge on any atom is 0.240 e. The highest BCUT2D eigenvalue weighted by Crippen LogP contribution is 2.41. The van der Waals surface area contributed by atoms with Crippen LogP contribution in [0.5, 0.6) is 0 Å². The molecule has 0 bridgehead atoms. The molecule has 3 N–H and O–H groups in total. The summed E-state index contributed by atoms with van der Waals surface area (Å²) in [6.45, 7) is 3.36. The van der Waals surface area contributed by atoms with E-state index in [1.165, 1.54) is 12.1 Å². The van der Waals surface area contributed by atoms with Crippen LogP contribution in [0.15, 0.2) is 24.3 Å². The number of amides is 1. The topological polar surface area (TPSA) is 55.1 Å². The van der Waals surface area contributed by atoms with E-state index in [4.69, 9.17) is 5.73 Å². The number of carbonyl (C=O) groups excluding carboxylic acids is 1. The Morgan fingerprint density at radius 3 is 2.28 bits per heavy atom. The van der Waals surface area contributed by atoms with Gasteiger partial charge in [0, 0.05) is 0 Å². The summed E-state index contributed by atoms with van der Waals surface area (Å²) in [5.41, 5.74) is 5.49. The molecule has 0 saturated heterocycles. The number of hydrogen-bond acceptors (Lipinski definition) is 2. The Morgan fingerprint density at radius 1 is 1.33 bits per heavy atom. The lowest BCUT2D eigenvalue weighted by molar-refractivity contribution is -0.128. The predicted molar refractivity (Wildman–Crippen MR) is 68.3 cm³/mol. The summed E-state index contributed by atoms with van der Waals surface area (Å²) >= 11 is 0. The van der Waals surface area contributed by atoms with E-state index < -0.39 is 5.54 Å². The molecule has 1 aromatic carbocycles. The van der Waals surface area contributed by atoms with Crippen molar-refractivity contribution >= 4 is 5.91 Å². The molecule has 1 aromatic rings. The smallest absolute Gasteiger partial charge is 0.240 e. The first-order chi connectivity index (χ1) is 8.33. The molecular formula is C14H19FN2O. The van der Waals surface area contributed by atoms with E-state index in [0.29, 0.717) is 0 Å². The highest BCUT2D eigenvalue weighted by molar-refractivity contribution is 5.86. The monoisotopic (exact) mass is 250 g/mol. The van der Waals surface area contributed by atoms with Crippen LogP contribution in [0, 0.1) is 5.82 Å². The van der Waals surface area contributed by atoms with Crippen molar-refractivity contribution in [3.05, 3.63) is 35.6 Å². The minimum absolute atomic E-state index is 0.175. The van der Waals surface area contributed by atoms with Gasteiger partial charge in [-0.3, -0.25) is 4.79 Å². The van der Waals surface area contributed by atoms with Crippen molar-refractivity contribution in [2.45, 2.75) is 44.2 Å². The van der Waals surface area contributed by atoms with Crippen molar-refractivity contribution in [1.29, 1.82) is 0 Å². The fourth-order valence-corrected chi connectivity index (χ4v) is 2.16. The van der Waals surface area contributed by atoms with Gasteiger partial charge >= 0.3 is 0 Å². The third-order valence-electron chi connectivity index (χ3n) is 3.54. The zero-order valence-corrected chi connectivity index (χ0v) is 10.8. The first kappa shape index (κ1) is 13.0. The summed E-state index contributed by atoms with van der Waals surface area (Å²) in [4.78, 5) is 12.0. The molecule has 0 aliphatic heterocycles. The highest BCUT2D eigenvalue weighted by Gasteiger charge is 2.41. The third-order valence-corrected chi connectivity index (χ3v) is 3.54. The minimum Gasteiger partial charge on any atom is -0.345 e. The molecule has 1 aliphatic carbocycles. The lowest BCUT2D eigenvalue weighted by Gasteiger charge is -2.44. The van der Waals surface area contributed by atoms with Gasteiger partial charge < -0.3 is 11.1 Å². The van der Waals surface area contributed by atoms with E-state index in [2.05, 4.69) is 5.32 Å². The second-order valence-electron chi connectivity index (χ2n) is 5.62. The average molecular weight is 250 g/mol. The van der Waals surface area contributed by atoms with Crippen molar-refractivity contribution in [2.24, 2.45) is 5.73 Å². The molecule has 0 heterocycles. The third kappa shape index (κ3) is 2.38. The zero-order valence-electron chi connectivity index (χ0n) is 10.8. The van der Waals surface area contributed by atoms with Crippen LogP contribution in [-0.2, 0) is 10.3 Å². The minimum atomic E-state index is -0.900. The Hall–Kier alpha value is -1.42. The van der Waals surface area contributed by atoms with Gasteiger partial charge in [0.15, 0.2) is 0 Å². The van der Waals surface area contributed by atoms with Gasteiger partial charge in [-0.15, -0.1) is 0 Å². The fourth-order valence-electron chi connectivity index (χ4n) is 2.16. The van der Waals surface area contributed by atoms with Crippen LogP contribution in [0.25, 0.3) is 0 Å². The fraction of sp³-hybridized carbons (Fsp3) is 0.500. The van der Waals surface area contributed by atoms with Gasteiger partial charge in [-0.25, -0.2) is 4.39 Å². The van der Waals surface area contributed by atoms with E-state index in [0.717, 1.165) is 24.8 Å². The molecule has 18 heavy (non-hydrogen) atoms. The molecule has 0 spiro atoms. The molecule has 1 aliphatic rings. The van der Waals surface area contributed by atoms with E-state index in [-0.39, 0.29) is 17.3 Å². The molecule has 4 heteroatoms. The maximum absolute atomic E-state index is 12.9. The van der Waals surface area contributed by atoms with Crippen LogP contribution in [0.2, 0.25) is 0 Å². The standard InChI is InChI=1S/C14H19FN2O/c1-13(2,16)12(18)17-14(8-3-9-14)10-4-6-11(15)7-5-10/h4-7H,3,8-9,16H2,1-2H3,(H,17,18). The molecule has 98 valence electrons. The average Bonchev–Trinajstić information content (AvgIpc) is 2.23. The van der Waals surface area contributed by atoms with Gasteiger partial charge in [-0.2, -0.15) is 0 Å². The number of benzene rings is 1. The Morgan fingerprint density at radius 2 is 1.89 bits per heavy atom. The van der Waals surface area contributed by atoms with Crippen LogP contribution in [0.4, 0.5) is 4.39 Å². The molecule has 2 rings (SSSR count).